The van der Waals surface area contributed by atoms with E-state index < -0.39 is 5.97 Å². The third-order valence-electron chi connectivity index (χ3n) is 4.90. The molecule has 2 aliphatic rings. The number of thiazole rings is 1. The summed E-state index contributed by atoms with van der Waals surface area (Å²) in [6.07, 6.45) is 5.67. The van der Waals surface area contributed by atoms with Crippen molar-refractivity contribution in [1.82, 2.24) is 9.88 Å². The van der Waals surface area contributed by atoms with Gasteiger partial charge >= 0.3 is 5.97 Å². The van der Waals surface area contributed by atoms with E-state index in [1.807, 2.05) is 6.92 Å². The molecule has 2 heterocycles. The van der Waals surface area contributed by atoms with Gasteiger partial charge in [0.15, 0.2) is 0 Å². The number of nitrogens with zero attached hydrogens (tertiary/aromatic N) is 2. The van der Waals surface area contributed by atoms with E-state index in [2.05, 4.69) is 16.8 Å². The highest BCUT2D eigenvalue weighted by molar-refractivity contribution is 7.11. The maximum Gasteiger partial charge on any atom is 0.320 e. The quantitative estimate of drug-likeness (QED) is 0.931. The first-order valence-corrected chi connectivity index (χ1v) is 8.29. The van der Waals surface area contributed by atoms with Gasteiger partial charge < -0.3 is 5.11 Å². The molecule has 1 aliphatic carbocycles. The van der Waals surface area contributed by atoms with Crippen molar-refractivity contribution in [2.45, 2.75) is 64.6 Å². The molecule has 110 valence electrons. The van der Waals surface area contributed by atoms with E-state index in [-0.39, 0.29) is 6.04 Å². The van der Waals surface area contributed by atoms with Gasteiger partial charge in [0.1, 0.15) is 11.0 Å². The fourth-order valence-electron chi connectivity index (χ4n) is 3.79. The number of likely N-dealkylation sites (tertiary alicyclic amines) is 1. The van der Waals surface area contributed by atoms with Crippen LogP contribution in [0, 0.1) is 19.8 Å². The Morgan fingerprint density at radius 3 is 2.80 bits per heavy atom. The van der Waals surface area contributed by atoms with Crippen LogP contribution < -0.4 is 0 Å². The molecule has 20 heavy (non-hydrogen) atoms. The van der Waals surface area contributed by atoms with Crippen molar-refractivity contribution in [1.29, 1.82) is 0 Å². The third-order valence-corrected chi connectivity index (χ3v) is 5.95. The van der Waals surface area contributed by atoms with Crippen LogP contribution >= 0.6 is 11.3 Å². The Balaban J connectivity index is 1.81. The SMILES string of the molecule is Cc1nc(CN2C(C(=O)O)CC3CCCCC32)sc1C. The first kappa shape index (κ1) is 14.0. The van der Waals surface area contributed by atoms with Crippen molar-refractivity contribution in [3.05, 3.63) is 15.6 Å². The van der Waals surface area contributed by atoms with Gasteiger partial charge in [-0.25, -0.2) is 4.98 Å². The summed E-state index contributed by atoms with van der Waals surface area (Å²) in [7, 11) is 0. The molecule has 0 spiro atoms. The highest BCUT2D eigenvalue weighted by Gasteiger charge is 2.45. The summed E-state index contributed by atoms with van der Waals surface area (Å²) in [6, 6.07) is 0.141. The number of aliphatic carboxylic acids is 1. The van der Waals surface area contributed by atoms with E-state index in [1.54, 1.807) is 11.3 Å². The summed E-state index contributed by atoms with van der Waals surface area (Å²) in [5, 5.41) is 10.6. The zero-order valence-corrected chi connectivity index (χ0v) is 12.9. The normalized spacial score (nSPS) is 30.4. The van der Waals surface area contributed by atoms with Gasteiger partial charge in [-0.2, -0.15) is 0 Å². The molecule has 3 unspecified atom stereocenters. The first-order valence-electron chi connectivity index (χ1n) is 7.47. The molecule has 3 atom stereocenters. The predicted octanol–water partition coefficient (Wildman–Crippen LogP) is 2.98. The van der Waals surface area contributed by atoms with Gasteiger partial charge in [0.2, 0.25) is 0 Å². The zero-order chi connectivity index (χ0) is 14.3. The van der Waals surface area contributed by atoms with Crippen LogP contribution in [0.2, 0.25) is 0 Å². The number of hydrogen-bond acceptors (Lipinski definition) is 4. The second kappa shape index (κ2) is 5.45. The van der Waals surface area contributed by atoms with Crippen LogP contribution in [-0.4, -0.2) is 33.0 Å². The van der Waals surface area contributed by atoms with Gasteiger partial charge in [0, 0.05) is 10.9 Å². The molecule has 0 bridgehead atoms. The molecule has 1 saturated carbocycles. The molecule has 0 amide bonds. The Morgan fingerprint density at radius 1 is 1.40 bits per heavy atom. The number of aromatic nitrogens is 1. The molecule has 1 aromatic heterocycles. The Kier molecular flexibility index (Phi) is 3.82. The van der Waals surface area contributed by atoms with Crippen molar-refractivity contribution < 1.29 is 9.90 Å². The first-order chi connectivity index (χ1) is 9.56. The topological polar surface area (TPSA) is 53.4 Å². The molecular formula is C15H22N2O2S. The number of rotatable bonds is 3. The van der Waals surface area contributed by atoms with Gasteiger partial charge in [-0.05, 0) is 39.0 Å². The van der Waals surface area contributed by atoms with E-state index in [0.29, 0.717) is 18.5 Å². The van der Waals surface area contributed by atoms with Gasteiger partial charge in [0.05, 0.1) is 12.2 Å². The van der Waals surface area contributed by atoms with Gasteiger partial charge in [-0.1, -0.05) is 12.8 Å². The highest BCUT2D eigenvalue weighted by atomic mass is 32.1. The molecule has 1 saturated heterocycles. The van der Waals surface area contributed by atoms with Crippen molar-refractivity contribution in [2.75, 3.05) is 0 Å². The van der Waals surface area contributed by atoms with E-state index in [4.69, 9.17) is 0 Å². The number of fused-ring (bicyclic) bond motifs is 1. The van der Waals surface area contributed by atoms with Crippen LogP contribution in [0.5, 0.6) is 0 Å². The van der Waals surface area contributed by atoms with E-state index in [1.165, 1.54) is 24.1 Å². The monoisotopic (exact) mass is 294 g/mol. The summed E-state index contributed by atoms with van der Waals surface area (Å²) >= 11 is 1.71. The van der Waals surface area contributed by atoms with Crippen LogP contribution in [0.15, 0.2) is 0 Å². The molecule has 0 aromatic carbocycles. The van der Waals surface area contributed by atoms with Crippen molar-refractivity contribution >= 4 is 17.3 Å². The fourth-order valence-corrected chi connectivity index (χ4v) is 4.73. The predicted molar refractivity (Wildman–Crippen MR) is 78.9 cm³/mol. The molecule has 1 N–H and O–H groups in total. The number of hydrogen-bond donors (Lipinski definition) is 1. The molecule has 2 fully saturated rings. The fraction of sp³-hybridized carbons (Fsp3) is 0.733. The lowest BCUT2D eigenvalue weighted by atomic mass is 9.85. The second-order valence-electron chi connectivity index (χ2n) is 6.12. The summed E-state index contributed by atoms with van der Waals surface area (Å²) in [4.78, 5) is 19.6. The van der Waals surface area contributed by atoms with Gasteiger partial charge in [-0.15, -0.1) is 11.3 Å². The summed E-state index contributed by atoms with van der Waals surface area (Å²) in [6.45, 7) is 4.81. The Morgan fingerprint density at radius 2 is 2.15 bits per heavy atom. The van der Waals surface area contributed by atoms with Crippen LogP contribution in [0.25, 0.3) is 0 Å². The van der Waals surface area contributed by atoms with Crippen LogP contribution in [0.1, 0.15) is 47.7 Å². The van der Waals surface area contributed by atoms with Crippen molar-refractivity contribution in [3.63, 3.8) is 0 Å². The van der Waals surface area contributed by atoms with Crippen LogP contribution in [0.3, 0.4) is 0 Å². The Hall–Kier alpha value is -0.940. The smallest absolute Gasteiger partial charge is 0.320 e. The van der Waals surface area contributed by atoms with Crippen LogP contribution in [0.4, 0.5) is 0 Å². The van der Waals surface area contributed by atoms with Crippen LogP contribution in [-0.2, 0) is 11.3 Å². The lowest BCUT2D eigenvalue weighted by Crippen LogP contribution is -2.41. The average molecular weight is 294 g/mol. The van der Waals surface area contributed by atoms with Crippen molar-refractivity contribution in [2.24, 2.45) is 5.92 Å². The minimum Gasteiger partial charge on any atom is -0.480 e. The van der Waals surface area contributed by atoms with E-state index in [0.717, 1.165) is 23.5 Å². The molecular weight excluding hydrogens is 272 g/mol. The maximum atomic E-state index is 11.6. The number of carboxylic acids is 1. The largest absolute Gasteiger partial charge is 0.480 e. The number of carboxylic acid groups (broad SMARTS) is 1. The summed E-state index contributed by atoms with van der Waals surface area (Å²) < 4.78 is 0. The highest BCUT2D eigenvalue weighted by Crippen LogP contribution is 2.40. The molecule has 3 rings (SSSR count). The van der Waals surface area contributed by atoms with E-state index >= 15 is 0 Å². The molecule has 5 heteroatoms. The second-order valence-corrected chi connectivity index (χ2v) is 7.41. The minimum absolute atomic E-state index is 0.312. The molecule has 1 aliphatic heterocycles. The average Bonchev–Trinajstić information content (AvgIpc) is 2.92. The summed E-state index contributed by atoms with van der Waals surface area (Å²) in [5.41, 5.74) is 1.08. The number of carbonyl (C=O) groups is 1. The van der Waals surface area contributed by atoms with Crippen molar-refractivity contribution in [3.8, 4) is 0 Å². The lowest BCUT2D eigenvalue weighted by Gasteiger charge is -2.32. The third kappa shape index (κ3) is 2.49. The Bertz CT molecular complexity index is 494. The lowest BCUT2D eigenvalue weighted by molar-refractivity contribution is -0.142. The van der Waals surface area contributed by atoms with E-state index in [9.17, 15) is 9.90 Å². The number of aryl methyl sites for hydroxylation is 2. The Labute approximate surface area is 123 Å². The zero-order valence-electron chi connectivity index (χ0n) is 12.1. The van der Waals surface area contributed by atoms with Gasteiger partial charge in [0.25, 0.3) is 0 Å². The minimum atomic E-state index is -0.663. The molecule has 1 aromatic rings. The standard InChI is InChI=1S/C15H22N2O2S/c1-9-10(2)20-14(16-9)8-17-12-6-4-3-5-11(12)7-13(17)15(18)19/h11-13H,3-8H2,1-2H3,(H,18,19). The van der Waals surface area contributed by atoms with Gasteiger partial charge in [-0.3, -0.25) is 9.69 Å². The molecule has 4 nitrogen and oxygen atoms in total. The maximum absolute atomic E-state index is 11.6. The summed E-state index contributed by atoms with van der Waals surface area (Å²) in [5.74, 6) is -0.0867. The molecule has 0 radical (unpaired) electrons.